The first kappa shape index (κ1) is 26.4. The monoisotopic (exact) mass is 705 g/mol. The molecule has 4 aromatic carbocycles. The molecule has 0 bridgehead atoms. The van der Waals surface area contributed by atoms with Gasteiger partial charge in [-0.05, 0) is 35.7 Å². The molecule has 36 heavy (non-hydrogen) atoms. The Morgan fingerprint density at radius 1 is 0.861 bits per heavy atom. The molecule has 4 rings (SSSR count). The van der Waals surface area contributed by atoms with Crippen molar-refractivity contribution in [2.75, 3.05) is 11.0 Å². The summed E-state index contributed by atoms with van der Waals surface area (Å²) in [6.45, 7) is 2.27. The zero-order valence-corrected chi connectivity index (χ0v) is 24.0. The third-order valence-corrected chi connectivity index (χ3v) is 9.36. The smallest absolute Gasteiger partial charge is 0.270 e. The Morgan fingerprint density at radius 2 is 1.39 bits per heavy atom. The van der Waals surface area contributed by atoms with E-state index in [0.29, 0.717) is 27.4 Å². The number of benzene rings is 4. The first-order valence-electron chi connectivity index (χ1n) is 11.5. The van der Waals surface area contributed by atoms with E-state index < -0.39 is 0 Å². The van der Waals surface area contributed by atoms with Crippen LogP contribution in [0.25, 0.3) is 22.3 Å². The maximum atomic E-state index is 11.8. The van der Waals surface area contributed by atoms with Crippen molar-refractivity contribution in [1.29, 1.82) is 0 Å². The van der Waals surface area contributed by atoms with Crippen molar-refractivity contribution in [3.8, 4) is 33.8 Å². The third kappa shape index (κ3) is 6.56. The highest BCUT2D eigenvalue weighted by molar-refractivity contribution is 14.1. The number of nitro benzene ring substituents is 1. The molecule has 2 unspecified atom stereocenters. The SMILES string of the molecule is CC(COc1ccc(C(I)CI)cc1)Oc1c(-c2ccccc2)cc([N+](=O)[O-])cc1-c1ccccc1. The van der Waals surface area contributed by atoms with Gasteiger partial charge >= 0.3 is 0 Å². The molecule has 0 aliphatic heterocycles. The summed E-state index contributed by atoms with van der Waals surface area (Å²) >= 11 is 4.83. The van der Waals surface area contributed by atoms with E-state index in [-0.39, 0.29) is 16.7 Å². The summed E-state index contributed by atoms with van der Waals surface area (Å²) in [5.41, 5.74) is 4.33. The molecule has 2 atom stereocenters. The van der Waals surface area contributed by atoms with Gasteiger partial charge in [0.1, 0.15) is 24.2 Å². The highest BCUT2D eigenvalue weighted by Crippen LogP contribution is 2.42. The fraction of sp³-hybridized carbons (Fsp3) is 0.172. The summed E-state index contributed by atoms with van der Waals surface area (Å²) in [6, 6.07) is 30.5. The van der Waals surface area contributed by atoms with Crippen molar-refractivity contribution in [2.24, 2.45) is 0 Å². The second-order valence-corrected chi connectivity index (χ2v) is 10.7. The van der Waals surface area contributed by atoms with Gasteiger partial charge in [0.15, 0.2) is 0 Å². The lowest BCUT2D eigenvalue weighted by Crippen LogP contribution is -2.21. The van der Waals surface area contributed by atoms with Crippen LogP contribution in [0.3, 0.4) is 0 Å². The Kier molecular flexibility index (Phi) is 9.19. The average molecular weight is 705 g/mol. The highest BCUT2D eigenvalue weighted by Gasteiger charge is 2.22. The van der Waals surface area contributed by atoms with Gasteiger partial charge in [0.25, 0.3) is 5.69 Å². The van der Waals surface area contributed by atoms with Crippen LogP contribution in [0.4, 0.5) is 5.69 Å². The van der Waals surface area contributed by atoms with E-state index in [2.05, 4.69) is 57.3 Å². The summed E-state index contributed by atoms with van der Waals surface area (Å²) < 4.78 is 14.0. The van der Waals surface area contributed by atoms with Gasteiger partial charge in [0, 0.05) is 31.6 Å². The number of ether oxygens (including phenoxy) is 2. The number of halogens is 2. The predicted octanol–water partition coefficient (Wildman–Crippen LogP) is 8.69. The molecule has 0 aliphatic carbocycles. The predicted molar refractivity (Wildman–Crippen MR) is 162 cm³/mol. The first-order chi connectivity index (χ1) is 17.5. The first-order valence-corrected chi connectivity index (χ1v) is 14.3. The number of alkyl halides is 2. The molecule has 0 aromatic heterocycles. The van der Waals surface area contributed by atoms with Crippen molar-refractivity contribution >= 4 is 50.9 Å². The van der Waals surface area contributed by atoms with Crippen LogP contribution in [0.1, 0.15) is 16.4 Å². The molecule has 0 spiro atoms. The molecule has 184 valence electrons. The van der Waals surface area contributed by atoms with E-state index in [1.165, 1.54) is 5.56 Å². The lowest BCUT2D eigenvalue weighted by Gasteiger charge is -2.21. The van der Waals surface area contributed by atoms with E-state index in [0.717, 1.165) is 21.3 Å². The minimum atomic E-state index is -0.364. The molecule has 0 amide bonds. The second-order valence-electron chi connectivity index (χ2n) is 8.29. The van der Waals surface area contributed by atoms with Gasteiger partial charge in [-0.15, -0.1) is 0 Å². The van der Waals surface area contributed by atoms with Crippen LogP contribution in [0.5, 0.6) is 11.5 Å². The van der Waals surface area contributed by atoms with Crippen LogP contribution in [-0.4, -0.2) is 22.1 Å². The topological polar surface area (TPSA) is 61.6 Å². The molecule has 0 fully saturated rings. The zero-order valence-electron chi connectivity index (χ0n) is 19.6. The number of hydrogen-bond acceptors (Lipinski definition) is 4. The highest BCUT2D eigenvalue weighted by atomic mass is 127. The van der Waals surface area contributed by atoms with Gasteiger partial charge < -0.3 is 9.47 Å². The van der Waals surface area contributed by atoms with Crippen LogP contribution in [-0.2, 0) is 0 Å². The van der Waals surface area contributed by atoms with E-state index in [1.54, 1.807) is 12.1 Å². The Hall–Kier alpha value is -2.66. The number of nitrogens with zero attached hydrogens (tertiary/aromatic N) is 1. The molecule has 4 aromatic rings. The largest absolute Gasteiger partial charge is 0.490 e. The van der Waals surface area contributed by atoms with Crippen molar-refractivity contribution < 1.29 is 14.4 Å². The van der Waals surface area contributed by atoms with Crippen molar-refractivity contribution in [3.63, 3.8) is 0 Å². The van der Waals surface area contributed by atoms with Gasteiger partial charge in [-0.1, -0.05) is 118 Å². The zero-order chi connectivity index (χ0) is 25.5. The van der Waals surface area contributed by atoms with E-state index in [4.69, 9.17) is 9.47 Å². The summed E-state index contributed by atoms with van der Waals surface area (Å²) in [6.07, 6.45) is -0.303. The van der Waals surface area contributed by atoms with Crippen LogP contribution >= 0.6 is 45.2 Å². The average Bonchev–Trinajstić information content (AvgIpc) is 2.92. The van der Waals surface area contributed by atoms with Gasteiger partial charge in [-0.3, -0.25) is 10.1 Å². The number of rotatable bonds is 10. The summed E-state index contributed by atoms with van der Waals surface area (Å²) in [7, 11) is 0. The van der Waals surface area contributed by atoms with Crippen LogP contribution in [0, 0.1) is 10.1 Å². The molecule has 0 saturated carbocycles. The minimum Gasteiger partial charge on any atom is -0.490 e. The number of hydrogen-bond donors (Lipinski definition) is 0. The summed E-state index contributed by atoms with van der Waals surface area (Å²) in [5, 5.41) is 11.8. The Bertz CT molecular complexity index is 1240. The Labute approximate surface area is 238 Å². The summed E-state index contributed by atoms with van der Waals surface area (Å²) in [5.74, 6) is 1.38. The molecule has 0 heterocycles. The van der Waals surface area contributed by atoms with Gasteiger partial charge in [0.05, 0.1) is 4.92 Å². The van der Waals surface area contributed by atoms with Crippen molar-refractivity contribution in [1.82, 2.24) is 0 Å². The van der Waals surface area contributed by atoms with Crippen molar-refractivity contribution in [2.45, 2.75) is 17.0 Å². The second kappa shape index (κ2) is 12.5. The van der Waals surface area contributed by atoms with Crippen LogP contribution < -0.4 is 9.47 Å². The fourth-order valence-electron chi connectivity index (χ4n) is 3.82. The minimum absolute atomic E-state index is 0.0177. The third-order valence-electron chi connectivity index (χ3n) is 5.64. The molecular weight excluding hydrogens is 680 g/mol. The maximum absolute atomic E-state index is 11.8. The van der Waals surface area contributed by atoms with Gasteiger partial charge in [-0.2, -0.15) is 0 Å². The maximum Gasteiger partial charge on any atom is 0.270 e. The van der Waals surface area contributed by atoms with Crippen LogP contribution in [0.2, 0.25) is 0 Å². The van der Waals surface area contributed by atoms with E-state index >= 15 is 0 Å². The van der Waals surface area contributed by atoms with E-state index in [1.807, 2.05) is 79.7 Å². The standard InChI is InChI=1S/C29H25I2NO4/c1-20(19-35-25-14-12-23(13-15-25)28(31)18-30)36-29-26(21-8-4-2-5-9-21)16-24(32(33)34)17-27(29)22-10-6-3-7-11-22/h2-17,20,28H,18-19H2,1H3. The molecule has 0 aliphatic rings. The van der Waals surface area contributed by atoms with Crippen LogP contribution in [0.15, 0.2) is 97.1 Å². The van der Waals surface area contributed by atoms with Gasteiger partial charge in [-0.25, -0.2) is 0 Å². The molecule has 0 radical (unpaired) electrons. The quantitative estimate of drug-likeness (QED) is 0.0718. The van der Waals surface area contributed by atoms with E-state index in [9.17, 15) is 10.1 Å². The molecular formula is C29H25I2NO4. The summed E-state index contributed by atoms with van der Waals surface area (Å²) in [4.78, 5) is 11.4. The van der Waals surface area contributed by atoms with Crippen molar-refractivity contribution in [3.05, 3.63) is 113 Å². The fourth-order valence-corrected chi connectivity index (χ4v) is 4.74. The Morgan fingerprint density at radius 3 is 1.86 bits per heavy atom. The normalized spacial score (nSPS) is 12.5. The van der Waals surface area contributed by atoms with Gasteiger partial charge in [0.2, 0.25) is 0 Å². The lowest BCUT2D eigenvalue weighted by molar-refractivity contribution is -0.384. The number of nitro groups is 1. The number of non-ortho nitro benzene ring substituents is 1. The molecule has 5 nitrogen and oxygen atoms in total. The molecule has 0 N–H and O–H groups in total. The molecule has 7 heteroatoms. The Balaban J connectivity index is 1.65. The molecule has 0 saturated heterocycles. The lowest BCUT2D eigenvalue weighted by atomic mass is 9.96.